The second kappa shape index (κ2) is 4.53. The SMILES string of the molecule is NC(=O)c1ccc(CC2=NCCN2)cc1Cl. The highest BCUT2D eigenvalue weighted by atomic mass is 35.5. The lowest BCUT2D eigenvalue weighted by Crippen LogP contribution is -2.20. The quantitative estimate of drug-likeness (QED) is 0.823. The van der Waals surface area contributed by atoms with E-state index in [9.17, 15) is 4.79 Å². The number of nitrogens with two attached hydrogens (primary N) is 1. The van der Waals surface area contributed by atoms with Gasteiger partial charge >= 0.3 is 0 Å². The molecule has 0 saturated carbocycles. The van der Waals surface area contributed by atoms with Crippen LogP contribution in [-0.2, 0) is 6.42 Å². The summed E-state index contributed by atoms with van der Waals surface area (Å²) in [4.78, 5) is 15.3. The molecule has 1 heterocycles. The van der Waals surface area contributed by atoms with Crippen molar-refractivity contribution in [1.82, 2.24) is 5.32 Å². The minimum Gasteiger partial charge on any atom is -0.372 e. The Labute approximate surface area is 98.5 Å². The maximum Gasteiger partial charge on any atom is 0.250 e. The lowest BCUT2D eigenvalue weighted by atomic mass is 10.1. The first-order valence-electron chi connectivity index (χ1n) is 5.02. The highest BCUT2D eigenvalue weighted by Crippen LogP contribution is 2.18. The van der Waals surface area contributed by atoms with Crippen molar-refractivity contribution in [2.24, 2.45) is 10.7 Å². The molecule has 16 heavy (non-hydrogen) atoms. The first kappa shape index (κ1) is 11.0. The van der Waals surface area contributed by atoms with Gasteiger partial charge in [0.25, 0.3) is 0 Å². The van der Waals surface area contributed by atoms with Crippen LogP contribution in [0.1, 0.15) is 15.9 Å². The molecule has 1 aliphatic rings. The predicted molar refractivity (Wildman–Crippen MR) is 64.0 cm³/mol. The number of carbonyl (C=O) groups excluding carboxylic acids is 1. The van der Waals surface area contributed by atoms with E-state index in [0.717, 1.165) is 24.5 Å². The van der Waals surface area contributed by atoms with Crippen LogP contribution in [0.4, 0.5) is 0 Å². The molecule has 2 rings (SSSR count). The molecule has 0 saturated heterocycles. The van der Waals surface area contributed by atoms with E-state index in [1.165, 1.54) is 0 Å². The number of amidine groups is 1. The monoisotopic (exact) mass is 237 g/mol. The van der Waals surface area contributed by atoms with Crippen molar-refractivity contribution in [2.75, 3.05) is 13.1 Å². The Morgan fingerprint density at radius 3 is 2.94 bits per heavy atom. The Kier molecular flexibility index (Phi) is 3.10. The number of nitrogens with zero attached hydrogens (tertiary/aromatic N) is 1. The summed E-state index contributed by atoms with van der Waals surface area (Å²) in [7, 11) is 0. The second-order valence-electron chi connectivity index (χ2n) is 3.61. The third kappa shape index (κ3) is 2.33. The van der Waals surface area contributed by atoms with E-state index >= 15 is 0 Å². The van der Waals surface area contributed by atoms with Crippen molar-refractivity contribution in [3.8, 4) is 0 Å². The molecule has 0 atom stereocenters. The van der Waals surface area contributed by atoms with Gasteiger partial charge in [0.2, 0.25) is 5.91 Å². The molecule has 0 aliphatic carbocycles. The summed E-state index contributed by atoms with van der Waals surface area (Å²) in [6.45, 7) is 1.71. The first-order valence-corrected chi connectivity index (χ1v) is 5.40. The average Bonchev–Trinajstić information content (AvgIpc) is 2.70. The molecule has 0 bridgehead atoms. The van der Waals surface area contributed by atoms with Gasteiger partial charge in [0.1, 0.15) is 5.84 Å². The van der Waals surface area contributed by atoms with Crippen LogP contribution in [0.15, 0.2) is 23.2 Å². The molecular weight excluding hydrogens is 226 g/mol. The van der Waals surface area contributed by atoms with Crippen LogP contribution in [0.3, 0.4) is 0 Å². The van der Waals surface area contributed by atoms with Gasteiger partial charge in [-0.3, -0.25) is 9.79 Å². The maximum absolute atomic E-state index is 11.0. The van der Waals surface area contributed by atoms with Gasteiger partial charge < -0.3 is 11.1 Å². The molecule has 1 aliphatic heterocycles. The van der Waals surface area contributed by atoms with Crippen LogP contribution < -0.4 is 11.1 Å². The number of rotatable bonds is 3. The molecule has 0 spiro atoms. The van der Waals surface area contributed by atoms with Crippen LogP contribution in [0, 0.1) is 0 Å². The Balaban J connectivity index is 2.17. The van der Waals surface area contributed by atoms with Gasteiger partial charge in [0, 0.05) is 13.0 Å². The van der Waals surface area contributed by atoms with Crippen molar-refractivity contribution in [2.45, 2.75) is 6.42 Å². The number of aliphatic imine (C=N–C) groups is 1. The minimum atomic E-state index is -0.507. The van der Waals surface area contributed by atoms with Crippen LogP contribution in [-0.4, -0.2) is 24.8 Å². The fourth-order valence-corrected chi connectivity index (χ4v) is 1.92. The largest absolute Gasteiger partial charge is 0.372 e. The number of hydrogen-bond acceptors (Lipinski definition) is 3. The maximum atomic E-state index is 11.0. The zero-order valence-electron chi connectivity index (χ0n) is 8.66. The Bertz CT molecular complexity index is 457. The van der Waals surface area contributed by atoms with Crippen LogP contribution in [0.5, 0.6) is 0 Å². The molecule has 0 fully saturated rings. The molecule has 0 radical (unpaired) electrons. The number of benzene rings is 1. The zero-order valence-corrected chi connectivity index (χ0v) is 9.42. The van der Waals surface area contributed by atoms with Gasteiger partial charge in [-0.15, -0.1) is 0 Å². The lowest BCUT2D eigenvalue weighted by molar-refractivity contribution is 0.100. The fraction of sp³-hybridized carbons (Fsp3) is 0.273. The highest BCUT2D eigenvalue weighted by Gasteiger charge is 2.10. The van der Waals surface area contributed by atoms with Gasteiger partial charge in [0.15, 0.2) is 0 Å². The van der Waals surface area contributed by atoms with Crippen molar-refractivity contribution >= 4 is 23.3 Å². The predicted octanol–water partition coefficient (Wildman–Crippen LogP) is 0.983. The number of primary amides is 1. The fourth-order valence-electron chi connectivity index (χ4n) is 1.63. The minimum absolute atomic E-state index is 0.353. The van der Waals surface area contributed by atoms with Gasteiger partial charge in [-0.05, 0) is 17.7 Å². The van der Waals surface area contributed by atoms with E-state index in [-0.39, 0.29) is 0 Å². The van der Waals surface area contributed by atoms with E-state index in [2.05, 4.69) is 10.3 Å². The highest BCUT2D eigenvalue weighted by molar-refractivity contribution is 6.33. The van der Waals surface area contributed by atoms with Crippen molar-refractivity contribution < 1.29 is 4.79 Å². The topological polar surface area (TPSA) is 67.5 Å². The molecule has 3 N–H and O–H groups in total. The molecular formula is C11H12ClN3O. The van der Waals surface area contributed by atoms with Crippen molar-refractivity contribution in [3.05, 3.63) is 34.3 Å². The van der Waals surface area contributed by atoms with Crippen LogP contribution >= 0.6 is 11.6 Å². The summed E-state index contributed by atoms with van der Waals surface area (Å²) in [5.41, 5.74) is 6.54. The Hall–Kier alpha value is -1.55. The summed E-state index contributed by atoms with van der Waals surface area (Å²) < 4.78 is 0. The summed E-state index contributed by atoms with van der Waals surface area (Å²) in [5.74, 6) is 0.454. The van der Waals surface area contributed by atoms with E-state index in [1.54, 1.807) is 12.1 Å². The summed E-state index contributed by atoms with van der Waals surface area (Å²) in [6, 6.07) is 5.24. The number of carbonyl (C=O) groups is 1. The smallest absolute Gasteiger partial charge is 0.250 e. The molecule has 0 aromatic heterocycles. The summed E-state index contributed by atoms with van der Waals surface area (Å²) >= 11 is 5.95. The van der Waals surface area contributed by atoms with Gasteiger partial charge in [-0.1, -0.05) is 17.7 Å². The van der Waals surface area contributed by atoms with E-state index < -0.39 is 5.91 Å². The second-order valence-corrected chi connectivity index (χ2v) is 4.02. The average molecular weight is 238 g/mol. The summed E-state index contributed by atoms with van der Waals surface area (Å²) in [6.07, 6.45) is 0.707. The molecule has 4 nitrogen and oxygen atoms in total. The van der Waals surface area contributed by atoms with Gasteiger partial charge in [-0.25, -0.2) is 0 Å². The molecule has 1 aromatic rings. The molecule has 0 unspecified atom stereocenters. The van der Waals surface area contributed by atoms with Crippen molar-refractivity contribution in [1.29, 1.82) is 0 Å². The number of amides is 1. The molecule has 84 valence electrons. The molecule has 5 heteroatoms. The number of nitrogens with one attached hydrogen (secondary N) is 1. The number of hydrogen-bond donors (Lipinski definition) is 2. The van der Waals surface area contributed by atoms with Gasteiger partial charge in [0.05, 0.1) is 17.1 Å². The molecule has 1 amide bonds. The third-order valence-electron chi connectivity index (χ3n) is 2.41. The van der Waals surface area contributed by atoms with Gasteiger partial charge in [-0.2, -0.15) is 0 Å². The van der Waals surface area contributed by atoms with Crippen LogP contribution in [0.2, 0.25) is 5.02 Å². The first-order chi connectivity index (χ1) is 7.66. The normalized spacial score (nSPS) is 14.4. The zero-order chi connectivity index (χ0) is 11.5. The Morgan fingerprint density at radius 1 is 1.56 bits per heavy atom. The summed E-state index contributed by atoms with van der Waals surface area (Å²) in [5, 5.41) is 3.57. The van der Waals surface area contributed by atoms with E-state index in [1.807, 2.05) is 6.07 Å². The third-order valence-corrected chi connectivity index (χ3v) is 2.73. The number of halogens is 1. The van der Waals surface area contributed by atoms with Crippen molar-refractivity contribution in [3.63, 3.8) is 0 Å². The molecule has 1 aromatic carbocycles. The van der Waals surface area contributed by atoms with E-state index in [4.69, 9.17) is 17.3 Å². The lowest BCUT2D eigenvalue weighted by Gasteiger charge is -2.05. The van der Waals surface area contributed by atoms with E-state index in [0.29, 0.717) is 17.0 Å². The van der Waals surface area contributed by atoms with Crippen LogP contribution in [0.25, 0.3) is 0 Å². The Morgan fingerprint density at radius 2 is 2.38 bits per heavy atom. The standard InChI is InChI=1S/C11H12ClN3O/c12-9-5-7(1-2-8(9)11(13)16)6-10-14-3-4-15-10/h1-2,5H,3-4,6H2,(H2,13,16)(H,14,15).